The average molecular weight is 375 g/mol. The van der Waals surface area contributed by atoms with Crippen molar-refractivity contribution in [3.63, 3.8) is 0 Å². The summed E-state index contributed by atoms with van der Waals surface area (Å²) < 4.78 is 0.999. The fraction of sp³-hybridized carbons (Fsp3) is 0.222. The summed E-state index contributed by atoms with van der Waals surface area (Å²) in [4.78, 5) is 25.0. The number of carbonyl (C=O) groups excluding carboxylic acids is 2. The molecule has 23 heavy (non-hydrogen) atoms. The van der Waals surface area contributed by atoms with E-state index in [4.69, 9.17) is 0 Å². The Morgan fingerprint density at radius 1 is 1.09 bits per heavy atom. The molecule has 0 aromatic heterocycles. The van der Waals surface area contributed by atoms with Crippen LogP contribution in [0.25, 0.3) is 0 Å². The first-order valence-corrected chi connectivity index (χ1v) is 8.09. The molecule has 0 radical (unpaired) electrons. The molecule has 0 aliphatic heterocycles. The lowest BCUT2D eigenvalue weighted by molar-refractivity contribution is -0.129. The average Bonchev–Trinajstić information content (AvgIpc) is 2.51. The van der Waals surface area contributed by atoms with Crippen molar-refractivity contribution >= 4 is 33.4 Å². The van der Waals surface area contributed by atoms with Gasteiger partial charge in [-0.25, -0.2) is 0 Å². The van der Waals surface area contributed by atoms with E-state index >= 15 is 0 Å². The van der Waals surface area contributed by atoms with Gasteiger partial charge in [-0.15, -0.1) is 0 Å². The zero-order valence-electron chi connectivity index (χ0n) is 13.2. The highest BCUT2D eigenvalue weighted by Crippen LogP contribution is 2.18. The van der Waals surface area contributed by atoms with Crippen LogP contribution in [-0.4, -0.2) is 23.8 Å². The Balaban J connectivity index is 1.95. The van der Waals surface area contributed by atoms with E-state index in [2.05, 4.69) is 21.2 Å². The number of hydrogen-bond donors (Lipinski definition) is 1. The molecule has 0 spiro atoms. The van der Waals surface area contributed by atoms with Crippen molar-refractivity contribution in [2.45, 2.75) is 19.9 Å². The molecule has 120 valence electrons. The van der Waals surface area contributed by atoms with Crippen molar-refractivity contribution in [2.75, 3.05) is 12.4 Å². The smallest absolute Gasteiger partial charge is 0.227 e. The van der Waals surface area contributed by atoms with Crippen molar-refractivity contribution in [2.24, 2.45) is 0 Å². The van der Waals surface area contributed by atoms with Crippen LogP contribution in [0.1, 0.15) is 18.1 Å². The molecule has 0 atom stereocenters. The Labute approximate surface area is 144 Å². The van der Waals surface area contributed by atoms with Gasteiger partial charge in [0.2, 0.25) is 11.8 Å². The van der Waals surface area contributed by atoms with E-state index in [0.717, 1.165) is 21.3 Å². The largest absolute Gasteiger partial charge is 0.341 e. The fourth-order valence-corrected chi connectivity index (χ4v) is 2.60. The zero-order valence-corrected chi connectivity index (χ0v) is 14.8. The number of likely N-dealkylation sites (N-methyl/N-ethyl adjacent to an activating group) is 1. The third-order valence-corrected chi connectivity index (χ3v) is 4.19. The van der Waals surface area contributed by atoms with Crippen LogP contribution in [0.5, 0.6) is 0 Å². The quantitative estimate of drug-likeness (QED) is 0.868. The lowest BCUT2D eigenvalue weighted by Gasteiger charge is -2.18. The molecule has 2 amide bonds. The van der Waals surface area contributed by atoms with Gasteiger partial charge in [-0.3, -0.25) is 9.59 Å². The molecule has 4 nitrogen and oxygen atoms in total. The van der Waals surface area contributed by atoms with Crippen molar-refractivity contribution in [1.29, 1.82) is 0 Å². The molecule has 0 bridgehead atoms. The van der Waals surface area contributed by atoms with E-state index in [9.17, 15) is 9.59 Å². The molecule has 0 aliphatic carbocycles. The van der Waals surface area contributed by atoms with Crippen molar-refractivity contribution in [1.82, 2.24) is 4.90 Å². The van der Waals surface area contributed by atoms with Gasteiger partial charge in [0.1, 0.15) is 0 Å². The zero-order chi connectivity index (χ0) is 16.8. The lowest BCUT2D eigenvalue weighted by atomic mass is 10.1. The van der Waals surface area contributed by atoms with E-state index in [0.29, 0.717) is 13.0 Å². The summed E-state index contributed by atoms with van der Waals surface area (Å²) in [5.41, 5.74) is 2.72. The first kappa shape index (κ1) is 17.2. The molecular formula is C18H19BrN2O2. The summed E-state index contributed by atoms with van der Waals surface area (Å²) in [7, 11) is 1.80. The van der Waals surface area contributed by atoms with Crippen molar-refractivity contribution in [3.8, 4) is 0 Å². The van der Waals surface area contributed by atoms with E-state index < -0.39 is 0 Å². The van der Waals surface area contributed by atoms with Gasteiger partial charge >= 0.3 is 0 Å². The molecule has 5 heteroatoms. The second-order valence-electron chi connectivity index (χ2n) is 5.40. The highest BCUT2D eigenvalue weighted by Gasteiger charge is 2.11. The first-order valence-electron chi connectivity index (χ1n) is 7.29. The van der Waals surface area contributed by atoms with Gasteiger partial charge < -0.3 is 10.2 Å². The lowest BCUT2D eigenvalue weighted by Crippen LogP contribution is -2.27. The minimum atomic E-state index is -0.109. The van der Waals surface area contributed by atoms with Gasteiger partial charge in [0, 0.05) is 30.7 Å². The van der Waals surface area contributed by atoms with Crippen LogP contribution in [0.3, 0.4) is 0 Å². The number of halogens is 1. The normalized spacial score (nSPS) is 10.2. The van der Waals surface area contributed by atoms with E-state index in [1.54, 1.807) is 24.1 Å². The summed E-state index contributed by atoms with van der Waals surface area (Å²) >= 11 is 3.50. The standard InChI is InChI=1S/C18H19BrN2O2/c1-13(22)20-16-9-7-14(8-10-16)11-18(23)21(2)12-15-5-3-4-6-17(15)19/h3-10H,11-12H2,1-2H3,(H,20,22). The SMILES string of the molecule is CC(=O)Nc1ccc(CC(=O)N(C)Cc2ccccc2Br)cc1. The molecule has 0 saturated carbocycles. The minimum absolute atomic E-state index is 0.0491. The van der Waals surface area contributed by atoms with Gasteiger partial charge in [-0.2, -0.15) is 0 Å². The molecule has 0 aliphatic rings. The molecule has 0 fully saturated rings. The van der Waals surface area contributed by atoms with Crippen LogP contribution in [0.4, 0.5) is 5.69 Å². The predicted octanol–water partition coefficient (Wildman–Crippen LogP) is 3.61. The van der Waals surface area contributed by atoms with Crippen LogP contribution >= 0.6 is 15.9 Å². The van der Waals surface area contributed by atoms with E-state index in [-0.39, 0.29) is 11.8 Å². The molecule has 0 heterocycles. The Hall–Kier alpha value is -2.14. The van der Waals surface area contributed by atoms with Crippen LogP contribution in [-0.2, 0) is 22.6 Å². The van der Waals surface area contributed by atoms with Crippen LogP contribution < -0.4 is 5.32 Å². The monoisotopic (exact) mass is 374 g/mol. The topological polar surface area (TPSA) is 49.4 Å². The van der Waals surface area contributed by atoms with Gasteiger partial charge in [0.05, 0.1) is 6.42 Å². The summed E-state index contributed by atoms with van der Waals surface area (Å²) in [6.07, 6.45) is 0.335. The maximum absolute atomic E-state index is 12.3. The second kappa shape index (κ2) is 7.92. The van der Waals surface area contributed by atoms with Gasteiger partial charge in [0.25, 0.3) is 0 Å². The highest BCUT2D eigenvalue weighted by molar-refractivity contribution is 9.10. The van der Waals surface area contributed by atoms with Gasteiger partial charge in [-0.1, -0.05) is 46.3 Å². The summed E-state index contributed by atoms with van der Waals surface area (Å²) in [5, 5.41) is 2.71. The summed E-state index contributed by atoms with van der Waals surface area (Å²) in [6, 6.07) is 15.2. The third kappa shape index (κ3) is 5.21. The second-order valence-corrected chi connectivity index (χ2v) is 6.25. The molecule has 2 rings (SSSR count). The Bertz CT molecular complexity index is 698. The highest BCUT2D eigenvalue weighted by atomic mass is 79.9. The Morgan fingerprint density at radius 3 is 2.35 bits per heavy atom. The molecule has 1 N–H and O–H groups in total. The Morgan fingerprint density at radius 2 is 1.74 bits per heavy atom. The number of amides is 2. The van der Waals surface area contributed by atoms with Gasteiger partial charge in [0.15, 0.2) is 0 Å². The minimum Gasteiger partial charge on any atom is -0.341 e. The van der Waals surface area contributed by atoms with E-state index in [1.807, 2.05) is 36.4 Å². The maximum Gasteiger partial charge on any atom is 0.227 e. The number of nitrogens with one attached hydrogen (secondary N) is 1. The van der Waals surface area contributed by atoms with Crippen LogP contribution in [0.15, 0.2) is 53.0 Å². The van der Waals surface area contributed by atoms with Crippen molar-refractivity contribution in [3.05, 3.63) is 64.1 Å². The molecular weight excluding hydrogens is 356 g/mol. The molecule has 2 aromatic carbocycles. The first-order chi connectivity index (χ1) is 11.0. The van der Waals surface area contributed by atoms with Crippen LogP contribution in [0.2, 0.25) is 0 Å². The fourth-order valence-electron chi connectivity index (χ4n) is 2.19. The van der Waals surface area contributed by atoms with Gasteiger partial charge in [-0.05, 0) is 29.3 Å². The molecule has 0 unspecified atom stereocenters. The summed E-state index contributed by atoms with van der Waals surface area (Å²) in [5.74, 6) is -0.0602. The third-order valence-electron chi connectivity index (χ3n) is 3.42. The molecule has 0 saturated heterocycles. The van der Waals surface area contributed by atoms with Crippen molar-refractivity contribution < 1.29 is 9.59 Å². The number of nitrogens with zero attached hydrogens (tertiary/aromatic N) is 1. The number of rotatable bonds is 5. The number of hydrogen-bond acceptors (Lipinski definition) is 2. The predicted molar refractivity (Wildman–Crippen MR) is 95.1 cm³/mol. The Kier molecular flexibility index (Phi) is 5.93. The number of carbonyl (C=O) groups is 2. The summed E-state index contributed by atoms with van der Waals surface area (Å²) in [6.45, 7) is 2.03. The number of anilines is 1. The molecule has 2 aromatic rings. The van der Waals surface area contributed by atoms with Crippen LogP contribution in [0, 0.1) is 0 Å². The number of benzene rings is 2. The maximum atomic E-state index is 12.3. The van der Waals surface area contributed by atoms with E-state index in [1.165, 1.54) is 6.92 Å².